The molecule has 3 rings (SSSR count). The molecule has 2 aromatic rings. The summed E-state index contributed by atoms with van der Waals surface area (Å²) in [4.78, 5) is 27.0. The van der Waals surface area contributed by atoms with Crippen LogP contribution in [0.2, 0.25) is 0 Å². The minimum absolute atomic E-state index is 0.131. The SMILES string of the molecule is C#CCN(C)CCNC(=O)C(C)(C)NC(=O)CCCCCc1ccc(Cc2cc([C@@H]3OC(C#SC)[C@@H](O)[C@H](O)[C@H]3O)ccc2C)cc1. The maximum absolute atomic E-state index is 12.5. The van der Waals surface area contributed by atoms with Gasteiger partial charge >= 0.3 is 0 Å². The Morgan fingerprint density at radius 3 is 2.40 bits per heavy atom. The zero-order valence-electron chi connectivity index (χ0n) is 28.3. The highest BCUT2D eigenvalue weighted by atomic mass is 32.1. The lowest BCUT2D eigenvalue weighted by atomic mass is 9.89. The van der Waals surface area contributed by atoms with Crippen LogP contribution in [0.3, 0.4) is 0 Å². The predicted octanol–water partition coefficient (Wildman–Crippen LogP) is 3.11. The zero-order chi connectivity index (χ0) is 34.6. The summed E-state index contributed by atoms with van der Waals surface area (Å²) in [5.41, 5.74) is 4.34. The highest BCUT2D eigenvalue weighted by Gasteiger charge is 2.43. The van der Waals surface area contributed by atoms with Crippen molar-refractivity contribution in [3.8, 4) is 17.5 Å². The molecule has 5 atom stereocenters. The first-order chi connectivity index (χ1) is 22.4. The van der Waals surface area contributed by atoms with E-state index in [-0.39, 0.29) is 11.8 Å². The van der Waals surface area contributed by atoms with Gasteiger partial charge in [-0.1, -0.05) is 60.0 Å². The summed E-state index contributed by atoms with van der Waals surface area (Å²) in [5.74, 6) is 2.21. The number of nitrogens with one attached hydrogen (secondary N) is 2. The largest absolute Gasteiger partial charge is 0.387 e. The number of carbonyl (C=O) groups is 2. The van der Waals surface area contributed by atoms with Crippen molar-refractivity contribution in [1.82, 2.24) is 15.5 Å². The molecule has 0 aromatic heterocycles. The van der Waals surface area contributed by atoms with Gasteiger partial charge in [0, 0.05) is 25.8 Å². The molecule has 0 radical (unpaired) electrons. The Bertz CT molecular complexity index is 1440. The molecule has 9 nitrogen and oxygen atoms in total. The second-order valence-electron chi connectivity index (χ2n) is 12.9. The van der Waals surface area contributed by atoms with E-state index in [9.17, 15) is 24.9 Å². The minimum Gasteiger partial charge on any atom is -0.387 e. The summed E-state index contributed by atoms with van der Waals surface area (Å²) < 4.78 is 5.96. The molecule has 0 bridgehead atoms. The molecule has 2 amide bonds. The molecule has 10 heteroatoms. The van der Waals surface area contributed by atoms with Crippen molar-refractivity contribution >= 4 is 23.0 Å². The summed E-state index contributed by atoms with van der Waals surface area (Å²) in [5, 5.41) is 40.0. The van der Waals surface area contributed by atoms with E-state index in [2.05, 4.69) is 46.0 Å². The quantitative estimate of drug-likeness (QED) is 0.146. The fourth-order valence-corrected chi connectivity index (χ4v) is 5.97. The van der Waals surface area contributed by atoms with Gasteiger partial charge in [-0.15, -0.1) is 17.6 Å². The molecule has 0 aliphatic carbocycles. The van der Waals surface area contributed by atoms with Gasteiger partial charge in [-0.3, -0.25) is 14.5 Å². The summed E-state index contributed by atoms with van der Waals surface area (Å²) in [6.07, 6.45) is 6.28. The van der Waals surface area contributed by atoms with Crippen molar-refractivity contribution in [3.05, 3.63) is 70.3 Å². The number of ether oxygens (including phenoxy) is 1. The van der Waals surface area contributed by atoms with E-state index in [0.717, 1.165) is 47.9 Å². The Hall–Kier alpha value is -3.26. The van der Waals surface area contributed by atoms with Crippen LogP contribution in [0, 0.1) is 24.5 Å². The molecule has 1 unspecified atom stereocenters. The van der Waals surface area contributed by atoms with E-state index in [0.29, 0.717) is 32.5 Å². The third-order valence-electron chi connectivity index (χ3n) is 8.50. The first kappa shape index (κ1) is 38.2. The van der Waals surface area contributed by atoms with Gasteiger partial charge in [0.2, 0.25) is 11.8 Å². The van der Waals surface area contributed by atoms with Gasteiger partial charge in [0.05, 0.1) is 6.54 Å². The predicted molar refractivity (Wildman–Crippen MR) is 187 cm³/mol. The average Bonchev–Trinajstić information content (AvgIpc) is 3.03. The molecular weight excluding hydrogens is 614 g/mol. The van der Waals surface area contributed by atoms with Crippen LogP contribution < -0.4 is 10.6 Å². The second-order valence-corrected chi connectivity index (χ2v) is 13.5. The molecule has 0 saturated carbocycles. The average molecular weight is 666 g/mol. The number of terminal acetylenes is 1. The Morgan fingerprint density at radius 2 is 1.72 bits per heavy atom. The third kappa shape index (κ3) is 11.4. The molecule has 1 aliphatic heterocycles. The Balaban J connectivity index is 1.44. The van der Waals surface area contributed by atoms with Gasteiger partial charge in [0.15, 0.2) is 0 Å². The van der Waals surface area contributed by atoms with Crippen molar-refractivity contribution in [1.29, 1.82) is 0 Å². The van der Waals surface area contributed by atoms with Gasteiger partial charge in [-0.25, -0.2) is 0 Å². The normalized spacial score (nSPS) is 21.1. The topological polar surface area (TPSA) is 131 Å². The van der Waals surface area contributed by atoms with E-state index in [1.54, 1.807) is 20.1 Å². The van der Waals surface area contributed by atoms with Crippen molar-refractivity contribution in [2.24, 2.45) is 0 Å². The van der Waals surface area contributed by atoms with E-state index >= 15 is 0 Å². The van der Waals surface area contributed by atoms with Gasteiger partial charge in [0.25, 0.3) is 0 Å². The van der Waals surface area contributed by atoms with Crippen LogP contribution in [0.5, 0.6) is 0 Å². The standard InChI is InChI=1S/C37H51N3O6S/c1-7-20-40(5)21-19-38-36(45)37(3,4)39-31(41)12-10-8-9-11-26-14-16-27(17-15-26)22-29-23-28(18-13-25(29)2)35-34(44)33(43)32(42)30(46-35)24-47-6/h1,13-18,23,30,32-35,42-44H,8-12,19-22H2,2-6H3,(H,38,45)(H,39,41)/t30?,32-,33+,34-,35+/m1/s1. The lowest BCUT2D eigenvalue weighted by Gasteiger charge is -2.39. The van der Waals surface area contributed by atoms with Crippen molar-refractivity contribution in [2.45, 2.75) is 95.4 Å². The number of likely N-dealkylation sites (N-methyl/N-ethyl adjacent to an activating group) is 1. The van der Waals surface area contributed by atoms with Crippen molar-refractivity contribution in [2.75, 3.05) is 32.9 Å². The molecule has 2 aromatic carbocycles. The number of carbonyl (C=O) groups excluding carboxylic acids is 2. The van der Waals surface area contributed by atoms with Gasteiger partial charge in [-0.05, 0) is 81.3 Å². The van der Waals surface area contributed by atoms with E-state index in [4.69, 9.17) is 11.2 Å². The van der Waals surface area contributed by atoms with Gasteiger partial charge < -0.3 is 30.7 Å². The number of amides is 2. The van der Waals surface area contributed by atoms with Crippen LogP contribution in [0.4, 0.5) is 0 Å². The number of hydrogen-bond acceptors (Lipinski definition) is 7. The highest BCUT2D eigenvalue weighted by molar-refractivity contribution is 7.87. The van der Waals surface area contributed by atoms with E-state index < -0.39 is 36.1 Å². The lowest BCUT2D eigenvalue weighted by Crippen LogP contribution is -2.55. The maximum atomic E-state index is 12.5. The molecule has 1 fully saturated rings. The molecule has 256 valence electrons. The third-order valence-corrected chi connectivity index (χ3v) is 8.96. The van der Waals surface area contributed by atoms with Crippen LogP contribution in [-0.2, 0) is 27.2 Å². The smallest absolute Gasteiger partial charge is 0.245 e. The maximum Gasteiger partial charge on any atom is 0.245 e. The molecule has 47 heavy (non-hydrogen) atoms. The Morgan fingerprint density at radius 1 is 1.02 bits per heavy atom. The monoisotopic (exact) mass is 665 g/mol. The lowest BCUT2D eigenvalue weighted by molar-refractivity contribution is -0.209. The highest BCUT2D eigenvalue weighted by Crippen LogP contribution is 2.33. The summed E-state index contributed by atoms with van der Waals surface area (Å²) in [7, 11) is 1.89. The molecule has 0 spiro atoms. The summed E-state index contributed by atoms with van der Waals surface area (Å²) >= 11 is 1.27. The fourth-order valence-electron chi connectivity index (χ4n) is 5.55. The van der Waals surface area contributed by atoms with E-state index in [1.807, 2.05) is 37.1 Å². The van der Waals surface area contributed by atoms with Crippen LogP contribution in [0.1, 0.15) is 73.5 Å². The minimum atomic E-state index is -1.33. The number of aryl methyl sites for hydroxylation is 2. The second kappa shape index (κ2) is 18.3. The van der Waals surface area contributed by atoms with Crippen molar-refractivity contribution in [3.63, 3.8) is 0 Å². The zero-order valence-corrected chi connectivity index (χ0v) is 29.1. The Kier molecular flexibility index (Phi) is 14.9. The molecule has 1 aliphatic rings. The number of hydrogen-bond donors (Lipinski definition) is 5. The number of aliphatic hydroxyl groups excluding tert-OH is 3. The van der Waals surface area contributed by atoms with Crippen LogP contribution in [-0.4, -0.2) is 94.9 Å². The number of nitrogens with zero attached hydrogens (tertiary/aromatic N) is 1. The van der Waals surface area contributed by atoms with Crippen molar-refractivity contribution < 1.29 is 29.6 Å². The van der Waals surface area contributed by atoms with Crippen LogP contribution in [0.25, 0.3) is 0 Å². The fraction of sp³-hybridized carbons (Fsp3) is 0.541. The number of aliphatic hydroxyl groups is 3. The molecule has 1 saturated heterocycles. The number of benzene rings is 2. The van der Waals surface area contributed by atoms with Gasteiger partial charge in [0.1, 0.15) is 36.1 Å². The van der Waals surface area contributed by atoms with E-state index in [1.165, 1.54) is 16.7 Å². The van der Waals surface area contributed by atoms with Crippen LogP contribution >= 0.6 is 11.2 Å². The molecule has 5 N–H and O–H groups in total. The van der Waals surface area contributed by atoms with Crippen LogP contribution in [0.15, 0.2) is 42.5 Å². The summed E-state index contributed by atoms with van der Waals surface area (Å²) in [6.45, 7) is 7.06. The first-order valence-electron chi connectivity index (χ1n) is 16.2. The number of unbranched alkanes of at least 4 members (excludes halogenated alkanes) is 2. The number of rotatable bonds is 15. The Labute approximate surface area is 283 Å². The molecule has 1 heterocycles. The molecular formula is C37H51N3O6S. The first-order valence-corrected chi connectivity index (χ1v) is 17.5. The van der Waals surface area contributed by atoms with Gasteiger partial charge in [-0.2, -0.15) is 0 Å². The summed E-state index contributed by atoms with van der Waals surface area (Å²) in [6, 6.07) is 14.4.